The molecule has 0 aliphatic heterocycles. The SMILES string of the molecule is C/C=C(\C=C/C1C(C)CC1C)NC. The van der Waals surface area contributed by atoms with Crippen LogP contribution < -0.4 is 5.32 Å². The summed E-state index contributed by atoms with van der Waals surface area (Å²) in [7, 11) is 1.97. The lowest BCUT2D eigenvalue weighted by Crippen LogP contribution is -2.31. The minimum Gasteiger partial charge on any atom is -0.388 e. The zero-order valence-electron chi connectivity index (χ0n) is 9.17. The van der Waals surface area contributed by atoms with Crippen molar-refractivity contribution in [2.24, 2.45) is 17.8 Å². The molecule has 0 aromatic carbocycles. The Hall–Kier alpha value is -0.720. The van der Waals surface area contributed by atoms with Crippen LogP contribution in [0.1, 0.15) is 27.2 Å². The third kappa shape index (κ3) is 2.36. The van der Waals surface area contributed by atoms with Crippen molar-refractivity contribution in [3.05, 3.63) is 23.9 Å². The summed E-state index contributed by atoms with van der Waals surface area (Å²) in [6.45, 7) is 6.73. The number of hydrogen-bond acceptors (Lipinski definition) is 1. The number of allylic oxidation sites excluding steroid dienone is 3. The van der Waals surface area contributed by atoms with Crippen LogP contribution in [-0.4, -0.2) is 7.05 Å². The Kier molecular flexibility index (Phi) is 3.58. The molecule has 0 aromatic heterocycles. The zero-order chi connectivity index (χ0) is 9.84. The van der Waals surface area contributed by atoms with E-state index in [0.717, 1.165) is 17.8 Å². The molecule has 74 valence electrons. The van der Waals surface area contributed by atoms with Crippen molar-refractivity contribution in [1.29, 1.82) is 0 Å². The number of nitrogens with one attached hydrogen (secondary N) is 1. The lowest BCUT2D eigenvalue weighted by atomic mass is 9.66. The molecular formula is C12H21N. The van der Waals surface area contributed by atoms with E-state index in [1.165, 1.54) is 12.1 Å². The molecule has 1 saturated carbocycles. The van der Waals surface area contributed by atoms with Crippen molar-refractivity contribution >= 4 is 0 Å². The molecule has 0 heterocycles. The maximum atomic E-state index is 3.16. The molecule has 0 aromatic rings. The summed E-state index contributed by atoms with van der Waals surface area (Å²) in [6.07, 6.45) is 8.05. The highest BCUT2D eigenvalue weighted by Crippen LogP contribution is 2.40. The van der Waals surface area contributed by atoms with E-state index in [4.69, 9.17) is 0 Å². The van der Waals surface area contributed by atoms with E-state index < -0.39 is 0 Å². The van der Waals surface area contributed by atoms with Gasteiger partial charge in [-0.05, 0) is 37.2 Å². The summed E-state index contributed by atoms with van der Waals surface area (Å²) < 4.78 is 0. The Labute approximate surface area is 81.9 Å². The van der Waals surface area contributed by atoms with E-state index >= 15 is 0 Å². The molecule has 1 N–H and O–H groups in total. The second-order valence-electron chi connectivity index (χ2n) is 4.12. The molecule has 0 saturated heterocycles. The van der Waals surface area contributed by atoms with Gasteiger partial charge in [-0.3, -0.25) is 0 Å². The normalized spacial score (nSPS) is 34.8. The van der Waals surface area contributed by atoms with Crippen LogP contribution in [0, 0.1) is 17.8 Å². The Bertz CT molecular complexity index is 207. The van der Waals surface area contributed by atoms with E-state index in [2.05, 4.69) is 44.3 Å². The quantitative estimate of drug-likeness (QED) is 0.657. The Balaban J connectivity index is 2.47. The van der Waals surface area contributed by atoms with Gasteiger partial charge in [0.15, 0.2) is 0 Å². The van der Waals surface area contributed by atoms with Crippen LogP contribution >= 0.6 is 0 Å². The van der Waals surface area contributed by atoms with E-state index in [1.54, 1.807) is 0 Å². The molecule has 13 heavy (non-hydrogen) atoms. The van der Waals surface area contributed by atoms with Gasteiger partial charge in [-0.25, -0.2) is 0 Å². The van der Waals surface area contributed by atoms with Gasteiger partial charge in [0.05, 0.1) is 0 Å². The first-order valence-electron chi connectivity index (χ1n) is 5.21. The fourth-order valence-corrected chi connectivity index (χ4v) is 2.18. The molecule has 1 fully saturated rings. The smallest absolute Gasteiger partial charge is 0.0291 e. The highest BCUT2D eigenvalue weighted by Gasteiger charge is 2.32. The third-order valence-electron chi connectivity index (χ3n) is 3.16. The van der Waals surface area contributed by atoms with Crippen LogP contribution in [0.15, 0.2) is 23.9 Å². The van der Waals surface area contributed by atoms with Crippen molar-refractivity contribution < 1.29 is 0 Å². The second-order valence-corrected chi connectivity index (χ2v) is 4.12. The highest BCUT2D eigenvalue weighted by molar-refractivity contribution is 5.17. The van der Waals surface area contributed by atoms with Crippen LogP contribution in [0.4, 0.5) is 0 Å². The summed E-state index contributed by atoms with van der Waals surface area (Å²) in [5.74, 6) is 2.55. The van der Waals surface area contributed by atoms with Crippen molar-refractivity contribution in [2.75, 3.05) is 7.05 Å². The van der Waals surface area contributed by atoms with Crippen molar-refractivity contribution in [1.82, 2.24) is 5.32 Å². The first-order chi connectivity index (χ1) is 6.19. The molecule has 2 unspecified atom stereocenters. The van der Waals surface area contributed by atoms with Crippen LogP contribution in [0.2, 0.25) is 0 Å². The first-order valence-corrected chi connectivity index (χ1v) is 5.21. The maximum absolute atomic E-state index is 3.16. The number of likely N-dealkylation sites (N-methyl/N-ethyl adjacent to an activating group) is 1. The molecule has 1 aliphatic rings. The molecule has 1 aliphatic carbocycles. The molecule has 2 atom stereocenters. The third-order valence-corrected chi connectivity index (χ3v) is 3.16. The molecular weight excluding hydrogens is 158 g/mol. The second kappa shape index (κ2) is 4.50. The van der Waals surface area contributed by atoms with Gasteiger partial charge in [0.25, 0.3) is 0 Å². The molecule has 0 radical (unpaired) electrons. The average molecular weight is 179 g/mol. The molecule has 0 spiro atoms. The molecule has 0 amide bonds. The van der Waals surface area contributed by atoms with E-state index in [0.29, 0.717) is 0 Å². The van der Waals surface area contributed by atoms with Gasteiger partial charge < -0.3 is 5.32 Å². The minimum absolute atomic E-state index is 0.795. The lowest BCUT2D eigenvalue weighted by Gasteiger charge is -2.39. The van der Waals surface area contributed by atoms with Crippen molar-refractivity contribution in [3.8, 4) is 0 Å². The zero-order valence-corrected chi connectivity index (χ0v) is 9.17. The molecule has 1 rings (SSSR count). The Morgan fingerprint density at radius 1 is 1.31 bits per heavy atom. The van der Waals surface area contributed by atoms with Gasteiger partial charge in [-0.1, -0.05) is 26.0 Å². The van der Waals surface area contributed by atoms with Gasteiger partial charge >= 0.3 is 0 Å². The van der Waals surface area contributed by atoms with Crippen LogP contribution in [-0.2, 0) is 0 Å². The maximum Gasteiger partial charge on any atom is 0.0291 e. The predicted octanol–water partition coefficient (Wildman–Crippen LogP) is 2.96. The monoisotopic (exact) mass is 179 g/mol. The highest BCUT2D eigenvalue weighted by atomic mass is 14.8. The molecule has 1 nitrogen and oxygen atoms in total. The van der Waals surface area contributed by atoms with Crippen LogP contribution in [0.25, 0.3) is 0 Å². The van der Waals surface area contributed by atoms with Gasteiger partial charge in [0.1, 0.15) is 0 Å². The van der Waals surface area contributed by atoms with E-state index in [9.17, 15) is 0 Å². The number of rotatable bonds is 3. The van der Waals surface area contributed by atoms with Crippen LogP contribution in [0.5, 0.6) is 0 Å². The van der Waals surface area contributed by atoms with Gasteiger partial charge in [0.2, 0.25) is 0 Å². The largest absolute Gasteiger partial charge is 0.388 e. The fourth-order valence-electron chi connectivity index (χ4n) is 2.18. The lowest BCUT2D eigenvalue weighted by molar-refractivity contribution is 0.148. The van der Waals surface area contributed by atoms with E-state index in [1.807, 2.05) is 7.05 Å². The van der Waals surface area contributed by atoms with Crippen molar-refractivity contribution in [3.63, 3.8) is 0 Å². The Morgan fingerprint density at radius 3 is 2.31 bits per heavy atom. The minimum atomic E-state index is 0.795. The topological polar surface area (TPSA) is 12.0 Å². The van der Waals surface area contributed by atoms with Gasteiger partial charge in [-0.15, -0.1) is 0 Å². The van der Waals surface area contributed by atoms with Crippen LogP contribution in [0.3, 0.4) is 0 Å². The van der Waals surface area contributed by atoms with Crippen molar-refractivity contribution in [2.45, 2.75) is 27.2 Å². The Morgan fingerprint density at radius 2 is 1.92 bits per heavy atom. The molecule has 0 bridgehead atoms. The van der Waals surface area contributed by atoms with Gasteiger partial charge in [-0.2, -0.15) is 0 Å². The summed E-state index contributed by atoms with van der Waals surface area (Å²) >= 11 is 0. The standard InChI is InChI=1S/C12H21N/c1-5-11(13-4)6-7-12-9(2)8-10(12)3/h5-7,9-10,12-13H,8H2,1-4H3/b7-6-,11-5+. The van der Waals surface area contributed by atoms with Gasteiger partial charge in [0, 0.05) is 12.7 Å². The summed E-state index contributed by atoms with van der Waals surface area (Å²) in [5, 5.41) is 3.16. The summed E-state index contributed by atoms with van der Waals surface area (Å²) in [5.41, 5.74) is 1.21. The summed E-state index contributed by atoms with van der Waals surface area (Å²) in [6, 6.07) is 0. The van der Waals surface area contributed by atoms with E-state index in [-0.39, 0.29) is 0 Å². The predicted molar refractivity (Wildman–Crippen MR) is 58.4 cm³/mol. The molecule has 1 heteroatoms. The first kappa shape index (κ1) is 10.4. The average Bonchev–Trinajstić information content (AvgIpc) is 2.12. The summed E-state index contributed by atoms with van der Waals surface area (Å²) in [4.78, 5) is 0. The fraction of sp³-hybridized carbons (Fsp3) is 0.667. The number of hydrogen-bond donors (Lipinski definition) is 1.